The fourth-order valence-corrected chi connectivity index (χ4v) is 6.44. The first kappa shape index (κ1) is 26.8. The number of hydrogen-bond acceptors (Lipinski definition) is 2. The number of nitrogens with one attached hydrogen (secondary N) is 1. The molecule has 0 bridgehead atoms. The van der Waals surface area contributed by atoms with E-state index in [0.29, 0.717) is 19.0 Å². The topological polar surface area (TPSA) is 37.3 Å². The average Bonchev–Trinajstić information content (AvgIpc) is 3.23. The second-order valence-corrected chi connectivity index (χ2v) is 11.0. The zero-order chi connectivity index (χ0) is 26.5. The molecule has 1 saturated heterocycles. The Labute approximate surface area is 235 Å². The molecule has 0 unspecified atom stereocenters. The van der Waals surface area contributed by atoms with Gasteiger partial charge in [-0.3, -0.25) is 9.69 Å². The van der Waals surface area contributed by atoms with E-state index in [1.165, 1.54) is 10.9 Å². The number of carbonyl (C=O) groups excluding carboxylic acids is 1. The van der Waals surface area contributed by atoms with Crippen LogP contribution in [0.3, 0.4) is 0 Å². The highest BCUT2D eigenvalue weighted by Crippen LogP contribution is 2.39. The number of benzene rings is 3. The maximum atomic E-state index is 13.0. The molecule has 1 amide bonds. The van der Waals surface area contributed by atoms with Crippen LogP contribution in [0.4, 0.5) is 0 Å². The number of likely N-dealkylation sites (tertiary alicyclic amines) is 1. The van der Waals surface area contributed by atoms with E-state index in [1.807, 2.05) is 24.3 Å². The van der Waals surface area contributed by atoms with Gasteiger partial charge in [0, 0.05) is 34.0 Å². The Balaban J connectivity index is 1.45. The van der Waals surface area contributed by atoms with Crippen LogP contribution in [-0.4, -0.2) is 35.0 Å². The van der Waals surface area contributed by atoms with Crippen molar-refractivity contribution in [2.45, 2.75) is 51.6 Å². The number of halogens is 2. The number of fused-ring (bicyclic) bond motifs is 1. The first-order chi connectivity index (χ1) is 18.6. The zero-order valence-electron chi connectivity index (χ0n) is 21.9. The monoisotopic (exact) mass is 547 g/mol. The number of piperidine rings is 1. The molecular formula is C32H35Cl2N3O. The summed E-state index contributed by atoms with van der Waals surface area (Å²) in [6.07, 6.45) is 4.08. The van der Waals surface area contributed by atoms with Crippen LogP contribution in [-0.2, 0) is 17.9 Å². The van der Waals surface area contributed by atoms with Gasteiger partial charge in [0.1, 0.15) is 6.54 Å². The van der Waals surface area contributed by atoms with Crippen LogP contribution in [0.5, 0.6) is 0 Å². The summed E-state index contributed by atoms with van der Waals surface area (Å²) in [5.74, 6) is 0.426. The molecule has 0 saturated carbocycles. The number of carbonyl (C=O) groups is 1. The summed E-state index contributed by atoms with van der Waals surface area (Å²) >= 11 is 13.1. The van der Waals surface area contributed by atoms with Crippen molar-refractivity contribution in [2.75, 3.05) is 19.6 Å². The summed E-state index contributed by atoms with van der Waals surface area (Å²) in [5.41, 5.74) is 5.74. The van der Waals surface area contributed by atoms with Crippen molar-refractivity contribution in [1.29, 1.82) is 0 Å². The molecule has 4 nitrogen and oxygen atoms in total. The molecule has 1 aromatic heterocycles. The van der Waals surface area contributed by atoms with Gasteiger partial charge in [0.15, 0.2) is 0 Å². The first-order valence-corrected chi connectivity index (χ1v) is 14.4. The maximum Gasteiger partial charge on any atom is 0.239 e. The summed E-state index contributed by atoms with van der Waals surface area (Å²) < 4.78 is 2.21. The highest BCUT2D eigenvalue weighted by atomic mass is 35.5. The fraction of sp³-hybridized carbons (Fsp3) is 0.344. The lowest BCUT2D eigenvalue weighted by Crippen LogP contribution is -2.33. The Hall–Kier alpha value is -2.79. The molecule has 3 aromatic carbocycles. The predicted octanol–water partition coefficient (Wildman–Crippen LogP) is 7.91. The standard InChI is InChI=1S/C32H35Cl2N3O/c1-2-3-18-35-30(38)22-37-29-15-8-7-12-25(29)26(32(37)24-10-5-4-6-11-24)21-36-19-16-23(17-20-36)31-27(33)13-9-14-28(31)34/h4-15,23H,2-3,16-22H2,1H3,(H,35,38). The van der Waals surface area contributed by atoms with Crippen LogP contribution < -0.4 is 5.32 Å². The lowest BCUT2D eigenvalue weighted by atomic mass is 9.89. The predicted molar refractivity (Wildman–Crippen MR) is 159 cm³/mol. The molecule has 1 N–H and O–H groups in total. The van der Waals surface area contributed by atoms with Crippen LogP contribution in [0.2, 0.25) is 10.0 Å². The number of nitrogens with zero attached hydrogens (tertiary/aromatic N) is 2. The SMILES string of the molecule is CCCCNC(=O)Cn1c(-c2ccccc2)c(CN2CCC(c3c(Cl)cccc3Cl)CC2)c2ccccc21. The van der Waals surface area contributed by atoms with Crippen molar-refractivity contribution in [3.8, 4) is 11.3 Å². The van der Waals surface area contributed by atoms with E-state index < -0.39 is 0 Å². The molecule has 198 valence electrons. The molecule has 1 fully saturated rings. The fourth-order valence-electron chi connectivity index (χ4n) is 5.73. The minimum atomic E-state index is 0.0559. The number of amides is 1. The number of para-hydroxylation sites is 1. The van der Waals surface area contributed by atoms with Gasteiger partial charge in [0.2, 0.25) is 5.91 Å². The Morgan fingerprint density at radius 3 is 2.32 bits per heavy atom. The number of rotatable bonds is 9. The van der Waals surface area contributed by atoms with E-state index in [2.05, 4.69) is 70.2 Å². The van der Waals surface area contributed by atoms with Crippen LogP contribution in [0.15, 0.2) is 72.8 Å². The molecule has 2 heterocycles. The molecule has 0 radical (unpaired) electrons. The van der Waals surface area contributed by atoms with Gasteiger partial charge in [-0.25, -0.2) is 0 Å². The largest absolute Gasteiger partial charge is 0.355 e. The molecule has 0 atom stereocenters. The van der Waals surface area contributed by atoms with Gasteiger partial charge in [-0.05, 0) is 73.2 Å². The lowest BCUT2D eigenvalue weighted by molar-refractivity contribution is -0.121. The molecule has 0 spiro atoms. The van der Waals surface area contributed by atoms with Gasteiger partial charge < -0.3 is 9.88 Å². The van der Waals surface area contributed by atoms with Crippen molar-refractivity contribution < 1.29 is 4.79 Å². The smallest absolute Gasteiger partial charge is 0.239 e. The van der Waals surface area contributed by atoms with Gasteiger partial charge in [-0.2, -0.15) is 0 Å². The summed E-state index contributed by atoms with van der Waals surface area (Å²) in [6, 6.07) is 24.7. The number of hydrogen-bond donors (Lipinski definition) is 1. The molecule has 0 aliphatic carbocycles. The first-order valence-electron chi connectivity index (χ1n) is 13.6. The van der Waals surface area contributed by atoms with Crippen LogP contribution in [0.25, 0.3) is 22.2 Å². The Morgan fingerprint density at radius 2 is 1.61 bits per heavy atom. The lowest BCUT2D eigenvalue weighted by Gasteiger charge is -2.33. The third kappa shape index (κ3) is 5.78. The minimum Gasteiger partial charge on any atom is -0.355 e. The third-order valence-corrected chi connectivity index (χ3v) is 8.31. The van der Waals surface area contributed by atoms with Gasteiger partial charge in [0.25, 0.3) is 0 Å². The third-order valence-electron chi connectivity index (χ3n) is 7.65. The highest BCUT2D eigenvalue weighted by molar-refractivity contribution is 6.36. The van der Waals surface area contributed by atoms with E-state index in [0.717, 1.165) is 77.7 Å². The Kier molecular flexibility index (Phi) is 8.73. The molecular weight excluding hydrogens is 513 g/mol. The van der Waals surface area contributed by atoms with Crippen LogP contribution in [0.1, 0.15) is 49.7 Å². The normalized spacial score (nSPS) is 14.7. The van der Waals surface area contributed by atoms with Gasteiger partial charge in [-0.1, -0.05) is 91.1 Å². The molecule has 1 aliphatic heterocycles. The number of aromatic nitrogens is 1. The quantitative estimate of drug-likeness (QED) is 0.216. The van der Waals surface area contributed by atoms with Crippen molar-refractivity contribution in [1.82, 2.24) is 14.8 Å². The van der Waals surface area contributed by atoms with E-state index >= 15 is 0 Å². The number of unbranched alkanes of at least 4 members (excludes halogenated alkanes) is 1. The van der Waals surface area contributed by atoms with Crippen LogP contribution >= 0.6 is 23.2 Å². The molecule has 4 aromatic rings. The minimum absolute atomic E-state index is 0.0559. The van der Waals surface area contributed by atoms with Crippen molar-refractivity contribution in [2.24, 2.45) is 0 Å². The van der Waals surface area contributed by atoms with E-state index in [-0.39, 0.29) is 5.91 Å². The van der Waals surface area contributed by atoms with E-state index in [4.69, 9.17) is 23.2 Å². The van der Waals surface area contributed by atoms with E-state index in [9.17, 15) is 4.79 Å². The van der Waals surface area contributed by atoms with Gasteiger partial charge in [0.05, 0.1) is 5.69 Å². The Morgan fingerprint density at radius 1 is 0.921 bits per heavy atom. The van der Waals surface area contributed by atoms with Crippen molar-refractivity contribution in [3.05, 3.63) is 94.0 Å². The highest BCUT2D eigenvalue weighted by Gasteiger charge is 2.27. The molecule has 6 heteroatoms. The maximum absolute atomic E-state index is 13.0. The Bertz CT molecular complexity index is 1370. The summed E-state index contributed by atoms with van der Waals surface area (Å²) in [7, 11) is 0. The second-order valence-electron chi connectivity index (χ2n) is 10.2. The average molecular weight is 549 g/mol. The zero-order valence-corrected chi connectivity index (χ0v) is 23.4. The summed E-state index contributed by atoms with van der Waals surface area (Å²) in [5, 5.41) is 5.85. The van der Waals surface area contributed by atoms with E-state index in [1.54, 1.807) is 0 Å². The summed E-state index contributed by atoms with van der Waals surface area (Å²) in [4.78, 5) is 15.5. The molecule has 1 aliphatic rings. The molecule has 38 heavy (non-hydrogen) atoms. The van der Waals surface area contributed by atoms with Crippen molar-refractivity contribution >= 4 is 40.0 Å². The van der Waals surface area contributed by atoms with Crippen molar-refractivity contribution in [3.63, 3.8) is 0 Å². The molecule has 5 rings (SSSR count). The summed E-state index contributed by atoms with van der Waals surface area (Å²) in [6.45, 7) is 5.93. The second kappa shape index (κ2) is 12.4. The van der Waals surface area contributed by atoms with Crippen LogP contribution in [0, 0.1) is 0 Å². The van der Waals surface area contributed by atoms with Gasteiger partial charge >= 0.3 is 0 Å². The van der Waals surface area contributed by atoms with Gasteiger partial charge in [-0.15, -0.1) is 0 Å².